The van der Waals surface area contributed by atoms with Crippen LogP contribution in [0.3, 0.4) is 0 Å². The number of imidazole rings is 1. The number of thiophene rings is 1. The van der Waals surface area contributed by atoms with E-state index in [0.717, 1.165) is 32.4 Å². The van der Waals surface area contributed by atoms with E-state index in [2.05, 4.69) is 20.3 Å². The van der Waals surface area contributed by atoms with Crippen molar-refractivity contribution in [2.75, 3.05) is 6.54 Å². The zero-order chi connectivity index (χ0) is 17.1. The van der Waals surface area contributed by atoms with Crippen LogP contribution in [0.2, 0.25) is 0 Å². The number of carbonyl (C=O) groups excluding carboxylic acids is 1. The molecule has 2 N–H and O–H groups in total. The van der Waals surface area contributed by atoms with E-state index >= 15 is 0 Å². The van der Waals surface area contributed by atoms with E-state index in [1.807, 2.05) is 47.2 Å². The molecule has 0 spiro atoms. The molecule has 0 saturated carbocycles. The van der Waals surface area contributed by atoms with Crippen molar-refractivity contribution in [1.29, 1.82) is 0 Å². The maximum Gasteiger partial charge on any atom is 0.226 e. The number of hydrogen-bond donors (Lipinski definition) is 2. The largest absolute Gasteiger partial charge is 0.355 e. The molecule has 25 heavy (non-hydrogen) atoms. The molecule has 0 radical (unpaired) electrons. The molecule has 0 aliphatic carbocycles. The van der Waals surface area contributed by atoms with E-state index in [1.165, 1.54) is 0 Å². The first-order valence-corrected chi connectivity index (χ1v) is 9.72. The van der Waals surface area contributed by atoms with Crippen LogP contribution in [-0.4, -0.2) is 27.4 Å². The van der Waals surface area contributed by atoms with Gasteiger partial charge in [0.2, 0.25) is 5.91 Å². The third kappa shape index (κ3) is 3.78. The summed E-state index contributed by atoms with van der Waals surface area (Å²) in [4.78, 5) is 25.5. The van der Waals surface area contributed by atoms with E-state index in [1.54, 1.807) is 22.7 Å². The lowest BCUT2D eigenvalue weighted by molar-refractivity contribution is -0.120. The van der Waals surface area contributed by atoms with Gasteiger partial charge in [-0.3, -0.25) is 4.79 Å². The van der Waals surface area contributed by atoms with Crippen molar-refractivity contribution >= 4 is 39.6 Å². The molecular formula is C18H16N4OS2. The summed E-state index contributed by atoms with van der Waals surface area (Å²) >= 11 is 3.23. The standard InChI is InChI=1S/C18H16N4OS2/c23-17(10-12-11-25-18(20-12)15-6-3-9-24-15)19-8-7-16-21-13-4-1-2-5-14(13)22-16/h1-6,9,11H,7-8,10H2,(H,19,23)(H,21,22). The zero-order valence-corrected chi connectivity index (χ0v) is 15.0. The van der Waals surface area contributed by atoms with E-state index in [9.17, 15) is 4.79 Å². The molecule has 0 saturated heterocycles. The molecule has 7 heteroatoms. The average molecular weight is 368 g/mol. The number of thiazole rings is 1. The Kier molecular flexibility index (Phi) is 4.58. The highest BCUT2D eigenvalue weighted by Gasteiger charge is 2.10. The second kappa shape index (κ2) is 7.16. The second-order valence-electron chi connectivity index (χ2n) is 5.60. The number of carbonyl (C=O) groups is 1. The van der Waals surface area contributed by atoms with Gasteiger partial charge in [-0.25, -0.2) is 9.97 Å². The Balaban J connectivity index is 1.29. The first-order valence-electron chi connectivity index (χ1n) is 7.96. The number of benzene rings is 1. The van der Waals surface area contributed by atoms with Gasteiger partial charge in [0.25, 0.3) is 0 Å². The molecule has 0 fully saturated rings. The van der Waals surface area contributed by atoms with Crippen molar-refractivity contribution in [3.05, 3.63) is 58.7 Å². The van der Waals surface area contributed by atoms with Crippen LogP contribution in [0.4, 0.5) is 0 Å². The topological polar surface area (TPSA) is 70.7 Å². The number of amides is 1. The van der Waals surface area contributed by atoms with Gasteiger partial charge < -0.3 is 10.3 Å². The van der Waals surface area contributed by atoms with Gasteiger partial charge in [0, 0.05) is 18.3 Å². The molecule has 0 unspecified atom stereocenters. The fourth-order valence-corrected chi connectivity index (χ4v) is 4.21. The number of fused-ring (bicyclic) bond motifs is 1. The van der Waals surface area contributed by atoms with Crippen molar-refractivity contribution in [1.82, 2.24) is 20.3 Å². The summed E-state index contributed by atoms with van der Waals surface area (Å²) < 4.78 is 0. The predicted molar refractivity (Wildman–Crippen MR) is 102 cm³/mol. The summed E-state index contributed by atoms with van der Waals surface area (Å²) in [5.41, 5.74) is 2.79. The van der Waals surface area contributed by atoms with Crippen LogP contribution in [0.25, 0.3) is 20.9 Å². The molecule has 0 aliphatic heterocycles. The zero-order valence-electron chi connectivity index (χ0n) is 13.4. The smallest absolute Gasteiger partial charge is 0.226 e. The number of hydrogen-bond acceptors (Lipinski definition) is 5. The molecule has 4 aromatic rings. The normalized spacial score (nSPS) is 11.0. The molecule has 126 valence electrons. The molecule has 5 nitrogen and oxygen atoms in total. The highest BCUT2D eigenvalue weighted by Crippen LogP contribution is 2.27. The van der Waals surface area contributed by atoms with Gasteiger partial charge in [-0.2, -0.15) is 0 Å². The van der Waals surface area contributed by atoms with Crippen molar-refractivity contribution in [3.8, 4) is 9.88 Å². The van der Waals surface area contributed by atoms with Crippen LogP contribution in [-0.2, 0) is 17.6 Å². The third-order valence-corrected chi connectivity index (χ3v) is 5.68. The van der Waals surface area contributed by atoms with Crippen molar-refractivity contribution in [2.45, 2.75) is 12.8 Å². The van der Waals surface area contributed by atoms with Crippen LogP contribution in [0.1, 0.15) is 11.5 Å². The fraction of sp³-hybridized carbons (Fsp3) is 0.167. The molecule has 3 aromatic heterocycles. The second-order valence-corrected chi connectivity index (χ2v) is 7.40. The minimum Gasteiger partial charge on any atom is -0.355 e. The number of para-hydroxylation sites is 2. The minimum atomic E-state index is -0.0147. The van der Waals surface area contributed by atoms with E-state index < -0.39 is 0 Å². The van der Waals surface area contributed by atoms with Gasteiger partial charge in [-0.05, 0) is 23.6 Å². The van der Waals surface area contributed by atoms with Crippen LogP contribution in [0, 0.1) is 0 Å². The molecule has 0 atom stereocenters. The fourth-order valence-electron chi connectivity index (χ4n) is 2.57. The van der Waals surface area contributed by atoms with Gasteiger partial charge >= 0.3 is 0 Å². The summed E-state index contributed by atoms with van der Waals surface area (Å²) in [7, 11) is 0. The maximum atomic E-state index is 12.1. The Morgan fingerprint density at radius 2 is 2.04 bits per heavy atom. The van der Waals surface area contributed by atoms with Gasteiger partial charge in [0.05, 0.1) is 28.0 Å². The van der Waals surface area contributed by atoms with E-state index in [-0.39, 0.29) is 5.91 Å². The van der Waals surface area contributed by atoms with E-state index in [0.29, 0.717) is 19.4 Å². The van der Waals surface area contributed by atoms with Crippen LogP contribution in [0.15, 0.2) is 47.2 Å². The summed E-state index contributed by atoms with van der Waals surface area (Å²) in [5, 5.41) is 7.89. The van der Waals surface area contributed by atoms with Gasteiger partial charge in [0.15, 0.2) is 0 Å². The molecule has 4 rings (SSSR count). The maximum absolute atomic E-state index is 12.1. The molecule has 3 heterocycles. The quantitative estimate of drug-likeness (QED) is 0.546. The summed E-state index contributed by atoms with van der Waals surface area (Å²) in [6.07, 6.45) is 0.986. The number of nitrogens with zero attached hydrogens (tertiary/aromatic N) is 2. The summed E-state index contributed by atoms with van der Waals surface area (Å²) in [6.45, 7) is 0.556. The Hall–Kier alpha value is -2.51. The van der Waals surface area contributed by atoms with Crippen LogP contribution < -0.4 is 5.32 Å². The SMILES string of the molecule is O=C(Cc1csc(-c2cccs2)n1)NCCc1nc2ccccc2[nH]1. The molecule has 1 aromatic carbocycles. The first kappa shape index (κ1) is 16.0. The number of aromatic nitrogens is 3. The summed E-state index contributed by atoms with van der Waals surface area (Å²) in [5.74, 6) is 0.870. The third-order valence-electron chi connectivity index (χ3n) is 3.75. The Bertz CT molecular complexity index is 955. The van der Waals surface area contributed by atoms with Crippen molar-refractivity contribution < 1.29 is 4.79 Å². The Labute approximate surface area is 152 Å². The lowest BCUT2D eigenvalue weighted by Crippen LogP contribution is -2.27. The lowest BCUT2D eigenvalue weighted by Gasteiger charge is -2.02. The number of aromatic amines is 1. The monoisotopic (exact) mass is 368 g/mol. The Morgan fingerprint density at radius 1 is 1.12 bits per heavy atom. The number of H-pyrrole nitrogens is 1. The summed E-state index contributed by atoms with van der Waals surface area (Å²) in [6, 6.07) is 12.0. The van der Waals surface area contributed by atoms with Crippen LogP contribution >= 0.6 is 22.7 Å². The van der Waals surface area contributed by atoms with Gasteiger partial charge in [-0.1, -0.05) is 18.2 Å². The Morgan fingerprint density at radius 3 is 2.88 bits per heavy atom. The number of nitrogens with one attached hydrogen (secondary N) is 2. The molecule has 0 bridgehead atoms. The van der Waals surface area contributed by atoms with Crippen molar-refractivity contribution in [2.24, 2.45) is 0 Å². The average Bonchev–Trinajstić information content (AvgIpc) is 3.34. The van der Waals surface area contributed by atoms with Gasteiger partial charge in [-0.15, -0.1) is 22.7 Å². The van der Waals surface area contributed by atoms with Crippen LogP contribution in [0.5, 0.6) is 0 Å². The highest BCUT2D eigenvalue weighted by atomic mass is 32.1. The van der Waals surface area contributed by atoms with Gasteiger partial charge in [0.1, 0.15) is 10.8 Å². The van der Waals surface area contributed by atoms with E-state index in [4.69, 9.17) is 0 Å². The molecule has 1 amide bonds. The molecular weight excluding hydrogens is 352 g/mol. The van der Waals surface area contributed by atoms with Crippen molar-refractivity contribution in [3.63, 3.8) is 0 Å². The highest BCUT2D eigenvalue weighted by molar-refractivity contribution is 7.20. The first-order chi connectivity index (χ1) is 12.3. The number of rotatable bonds is 6. The predicted octanol–water partition coefficient (Wildman–Crippen LogP) is 3.65. The lowest BCUT2D eigenvalue weighted by atomic mass is 10.3. The minimum absolute atomic E-state index is 0.0147. The molecule has 0 aliphatic rings.